The minimum atomic E-state index is 0.190. The molecule has 14 heavy (non-hydrogen) atoms. The number of hydrogen-bond acceptors (Lipinski definition) is 3. The molecule has 1 rings (SSSR count). The number of nitrogens with zero attached hydrogens (tertiary/aromatic N) is 1. The van der Waals surface area contributed by atoms with Crippen molar-refractivity contribution in [1.82, 2.24) is 10.2 Å². The largest absolute Gasteiger partial charge is 0.380 e. The second kappa shape index (κ2) is 5.98. The summed E-state index contributed by atoms with van der Waals surface area (Å²) in [4.78, 5) is 13.6. The second-order valence-electron chi connectivity index (χ2n) is 3.57. The van der Waals surface area contributed by atoms with Gasteiger partial charge in [-0.15, -0.1) is 0 Å². The molecule has 0 aromatic heterocycles. The van der Waals surface area contributed by atoms with Crippen LogP contribution in [0.3, 0.4) is 0 Å². The van der Waals surface area contributed by atoms with E-state index < -0.39 is 0 Å². The normalized spacial score (nSPS) is 21.6. The molecule has 1 N–H and O–H groups in total. The Balaban J connectivity index is 2.38. The Morgan fingerprint density at radius 3 is 3.07 bits per heavy atom. The molecule has 0 saturated carbocycles. The van der Waals surface area contributed by atoms with Crippen LogP contribution in [0.2, 0.25) is 0 Å². The fourth-order valence-electron chi connectivity index (χ4n) is 1.84. The predicted octanol–water partition coefficient (Wildman–Crippen LogP) is 0.233. The fourth-order valence-corrected chi connectivity index (χ4v) is 1.84. The van der Waals surface area contributed by atoms with Gasteiger partial charge in [-0.3, -0.25) is 4.79 Å². The zero-order valence-electron chi connectivity index (χ0n) is 9.08. The van der Waals surface area contributed by atoms with Gasteiger partial charge in [0.05, 0.1) is 19.2 Å². The quantitative estimate of drug-likeness (QED) is 0.691. The monoisotopic (exact) mass is 200 g/mol. The molecule has 0 radical (unpaired) electrons. The summed E-state index contributed by atoms with van der Waals surface area (Å²) in [6, 6.07) is 0.302. The maximum atomic E-state index is 11.6. The molecule has 1 atom stereocenters. The molecule has 82 valence electrons. The van der Waals surface area contributed by atoms with Crippen LogP contribution in [-0.4, -0.2) is 50.2 Å². The number of likely N-dealkylation sites (tertiary alicyclic amines) is 1. The fraction of sp³-hybridized carbons (Fsp3) is 0.900. The Hall–Kier alpha value is -0.610. The third kappa shape index (κ3) is 2.96. The number of rotatable bonds is 5. The maximum absolute atomic E-state index is 11.6. The van der Waals surface area contributed by atoms with E-state index >= 15 is 0 Å². The third-order valence-corrected chi connectivity index (χ3v) is 2.54. The van der Waals surface area contributed by atoms with Gasteiger partial charge in [-0.05, 0) is 26.8 Å². The minimum Gasteiger partial charge on any atom is -0.380 e. The number of amides is 1. The van der Waals surface area contributed by atoms with Gasteiger partial charge in [0.2, 0.25) is 5.91 Å². The van der Waals surface area contributed by atoms with E-state index in [0.29, 0.717) is 19.2 Å². The molecule has 0 aliphatic carbocycles. The van der Waals surface area contributed by atoms with E-state index in [1.807, 2.05) is 11.8 Å². The Bertz CT molecular complexity index is 185. The van der Waals surface area contributed by atoms with Gasteiger partial charge in [-0.1, -0.05) is 0 Å². The van der Waals surface area contributed by atoms with Crippen molar-refractivity contribution in [2.75, 3.05) is 33.4 Å². The van der Waals surface area contributed by atoms with Crippen LogP contribution in [0, 0.1) is 0 Å². The zero-order chi connectivity index (χ0) is 10.4. The van der Waals surface area contributed by atoms with Crippen LogP contribution in [0.15, 0.2) is 0 Å². The molecule has 1 heterocycles. The highest BCUT2D eigenvalue weighted by molar-refractivity contribution is 5.78. The Labute approximate surface area is 85.6 Å². The first-order valence-electron chi connectivity index (χ1n) is 5.31. The van der Waals surface area contributed by atoms with Gasteiger partial charge in [-0.25, -0.2) is 0 Å². The highest BCUT2D eigenvalue weighted by atomic mass is 16.5. The number of nitrogens with one attached hydrogen (secondary N) is 1. The highest BCUT2D eigenvalue weighted by Gasteiger charge is 2.27. The van der Waals surface area contributed by atoms with E-state index in [-0.39, 0.29) is 5.91 Å². The first-order valence-corrected chi connectivity index (χ1v) is 5.31. The summed E-state index contributed by atoms with van der Waals surface area (Å²) in [6.45, 7) is 4.71. The van der Waals surface area contributed by atoms with Crippen molar-refractivity contribution in [1.29, 1.82) is 0 Å². The summed E-state index contributed by atoms with van der Waals surface area (Å²) < 4.78 is 5.36. The lowest BCUT2D eigenvalue weighted by Gasteiger charge is -2.24. The first kappa shape index (κ1) is 11.5. The van der Waals surface area contributed by atoms with Crippen molar-refractivity contribution < 1.29 is 9.53 Å². The van der Waals surface area contributed by atoms with Gasteiger partial charge in [0, 0.05) is 13.2 Å². The van der Waals surface area contributed by atoms with Crippen molar-refractivity contribution in [2.45, 2.75) is 25.8 Å². The standard InChI is InChI=1S/C10H20N2O2/c1-3-14-8-9-5-4-6-12(9)10(13)7-11-2/h9,11H,3-8H2,1-2H3/t9-/m1/s1. The SMILES string of the molecule is CCOC[C@H]1CCCN1C(=O)CNC. The molecule has 1 saturated heterocycles. The maximum Gasteiger partial charge on any atom is 0.236 e. The topological polar surface area (TPSA) is 41.6 Å². The van der Waals surface area contributed by atoms with Gasteiger partial charge < -0.3 is 15.0 Å². The molecule has 0 aromatic rings. The van der Waals surface area contributed by atoms with E-state index in [1.165, 1.54) is 0 Å². The molecule has 0 bridgehead atoms. The predicted molar refractivity (Wildman–Crippen MR) is 55.2 cm³/mol. The highest BCUT2D eigenvalue weighted by Crippen LogP contribution is 2.17. The van der Waals surface area contributed by atoms with Crippen LogP contribution in [0.25, 0.3) is 0 Å². The van der Waals surface area contributed by atoms with Crippen molar-refractivity contribution in [2.24, 2.45) is 0 Å². The van der Waals surface area contributed by atoms with Crippen LogP contribution < -0.4 is 5.32 Å². The molecule has 1 aliphatic rings. The van der Waals surface area contributed by atoms with Crippen LogP contribution in [0.5, 0.6) is 0 Å². The summed E-state index contributed by atoms with van der Waals surface area (Å²) in [6.07, 6.45) is 2.18. The summed E-state index contributed by atoms with van der Waals surface area (Å²) in [5.74, 6) is 0.190. The van der Waals surface area contributed by atoms with Crippen molar-refractivity contribution in [3.8, 4) is 0 Å². The zero-order valence-corrected chi connectivity index (χ0v) is 9.08. The van der Waals surface area contributed by atoms with Gasteiger partial charge in [0.1, 0.15) is 0 Å². The van der Waals surface area contributed by atoms with Crippen molar-refractivity contribution >= 4 is 5.91 Å². The molecule has 1 fully saturated rings. The van der Waals surface area contributed by atoms with Crippen LogP contribution in [-0.2, 0) is 9.53 Å². The molecular weight excluding hydrogens is 180 g/mol. The summed E-state index contributed by atoms with van der Waals surface area (Å²) >= 11 is 0. The number of likely N-dealkylation sites (N-methyl/N-ethyl adjacent to an activating group) is 1. The molecule has 0 aromatic carbocycles. The molecule has 0 spiro atoms. The lowest BCUT2D eigenvalue weighted by atomic mass is 10.2. The number of carbonyl (C=O) groups excluding carboxylic acids is 1. The van der Waals surface area contributed by atoms with Crippen molar-refractivity contribution in [3.63, 3.8) is 0 Å². The summed E-state index contributed by atoms with van der Waals surface area (Å²) in [5.41, 5.74) is 0. The Morgan fingerprint density at radius 2 is 2.43 bits per heavy atom. The second-order valence-corrected chi connectivity index (χ2v) is 3.57. The summed E-state index contributed by atoms with van der Waals surface area (Å²) in [5, 5.41) is 2.89. The van der Waals surface area contributed by atoms with E-state index in [0.717, 1.165) is 26.0 Å². The average molecular weight is 200 g/mol. The van der Waals surface area contributed by atoms with Crippen LogP contribution >= 0.6 is 0 Å². The van der Waals surface area contributed by atoms with Gasteiger partial charge in [0.15, 0.2) is 0 Å². The Morgan fingerprint density at radius 1 is 1.64 bits per heavy atom. The van der Waals surface area contributed by atoms with Crippen LogP contribution in [0.1, 0.15) is 19.8 Å². The van der Waals surface area contributed by atoms with Gasteiger partial charge >= 0.3 is 0 Å². The van der Waals surface area contributed by atoms with E-state index in [9.17, 15) is 4.79 Å². The van der Waals surface area contributed by atoms with Gasteiger partial charge in [0.25, 0.3) is 0 Å². The lowest BCUT2D eigenvalue weighted by molar-refractivity contribution is -0.132. The number of ether oxygens (including phenoxy) is 1. The lowest BCUT2D eigenvalue weighted by Crippen LogP contribution is -2.42. The number of carbonyl (C=O) groups is 1. The van der Waals surface area contributed by atoms with Crippen LogP contribution in [0.4, 0.5) is 0 Å². The number of hydrogen-bond donors (Lipinski definition) is 1. The minimum absolute atomic E-state index is 0.190. The third-order valence-electron chi connectivity index (χ3n) is 2.54. The smallest absolute Gasteiger partial charge is 0.236 e. The molecule has 1 amide bonds. The van der Waals surface area contributed by atoms with E-state index in [2.05, 4.69) is 5.32 Å². The molecule has 0 unspecified atom stereocenters. The van der Waals surface area contributed by atoms with Gasteiger partial charge in [-0.2, -0.15) is 0 Å². The molecule has 4 nitrogen and oxygen atoms in total. The molecule has 4 heteroatoms. The first-order chi connectivity index (χ1) is 6.79. The molecular formula is C10H20N2O2. The van der Waals surface area contributed by atoms with E-state index in [1.54, 1.807) is 7.05 Å². The Kier molecular flexibility index (Phi) is 4.90. The average Bonchev–Trinajstić information content (AvgIpc) is 2.63. The summed E-state index contributed by atoms with van der Waals surface area (Å²) in [7, 11) is 1.80. The molecule has 1 aliphatic heterocycles. The van der Waals surface area contributed by atoms with E-state index in [4.69, 9.17) is 4.74 Å². The van der Waals surface area contributed by atoms with Crippen molar-refractivity contribution in [3.05, 3.63) is 0 Å².